The van der Waals surface area contributed by atoms with E-state index < -0.39 is 0 Å². The summed E-state index contributed by atoms with van der Waals surface area (Å²) < 4.78 is 6.14. The van der Waals surface area contributed by atoms with Crippen LogP contribution in [0.3, 0.4) is 0 Å². The minimum absolute atomic E-state index is 0.0618. The molecule has 0 aromatic carbocycles. The van der Waals surface area contributed by atoms with Gasteiger partial charge in [-0.05, 0) is 56.4 Å². The third-order valence-corrected chi connectivity index (χ3v) is 7.55. The third kappa shape index (κ3) is 2.07. The van der Waals surface area contributed by atoms with Crippen LogP contribution in [0.1, 0.15) is 66.2 Å². The summed E-state index contributed by atoms with van der Waals surface area (Å²) in [6, 6.07) is 0. The number of ether oxygens (including phenoxy) is 1. The summed E-state index contributed by atoms with van der Waals surface area (Å²) in [6.45, 7) is 11.0. The molecule has 1 N–H and O–H groups in total. The molecule has 4 atom stereocenters. The number of fused-ring (bicyclic) bond motifs is 2. The maximum Gasteiger partial charge on any atom is 0.313 e. The summed E-state index contributed by atoms with van der Waals surface area (Å²) >= 11 is 0. The van der Waals surface area contributed by atoms with E-state index in [-0.39, 0.29) is 22.9 Å². The highest BCUT2D eigenvalue weighted by molar-refractivity contribution is 5.77. The minimum Gasteiger partial charge on any atom is -0.461 e. The van der Waals surface area contributed by atoms with Crippen molar-refractivity contribution in [1.82, 2.24) is 5.32 Å². The first-order valence-corrected chi connectivity index (χ1v) is 8.77. The van der Waals surface area contributed by atoms with Crippen molar-refractivity contribution in [2.75, 3.05) is 13.1 Å². The number of esters is 1. The van der Waals surface area contributed by atoms with Crippen LogP contribution in [0.5, 0.6) is 0 Å². The average Bonchev–Trinajstić information content (AvgIpc) is 2.81. The molecule has 0 aromatic rings. The molecule has 120 valence electrons. The fraction of sp³-hybridized carbons (Fsp3) is 0.944. The Kier molecular flexibility index (Phi) is 3.63. The maximum absolute atomic E-state index is 12.9. The molecule has 2 bridgehead atoms. The summed E-state index contributed by atoms with van der Waals surface area (Å²) in [5, 5.41) is 3.39. The Balaban J connectivity index is 1.74. The highest BCUT2D eigenvalue weighted by Gasteiger charge is 2.63. The fourth-order valence-corrected chi connectivity index (χ4v) is 5.15. The quantitative estimate of drug-likeness (QED) is 0.809. The van der Waals surface area contributed by atoms with Crippen LogP contribution in [-0.4, -0.2) is 25.2 Å². The molecule has 2 aliphatic carbocycles. The molecule has 3 aliphatic rings. The number of carbonyl (C=O) groups is 1. The molecular weight excluding hydrogens is 262 g/mol. The standard InChI is InChI=1S/C18H31NO2/c1-5-18(8-6-10-19-12-18)15(20)21-14-11-13-7-9-17(14,4)16(13,2)3/h13-14,19H,5-12H2,1-4H3. The number of hydrogen-bond donors (Lipinski definition) is 1. The smallest absolute Gasteiger partial charge is 0.313 e. The van der Waals surface area contributed by atoms with Crippen LogP contribution in [0.25, 0.3) is 0 Å². The summed E-state index contributed by atoms with van der Waals surface area (Å²) in [5.74, 6) is 0.786. The van der Waals surface area contributed by atoms with Crippen molar-refractivity contribution in [2.45, 2.75) is 72.3 Å². The van der Waals surface area contributed by atoms with Gasteiger partial charge in [-0.15, -0.1) is 0 Å². The van der Waals surface area contributed by atoms with Crippen molar-refractivity contribution in [3.05, 3.63) is 0 Å². The van der Waals surface area contributed by atoms with Gasteiger partial charge in [-0.3, -0.25) is 4.79 Å². The molecule has 3 rings (SSSR count). The van der Waals surface area contributed by atoms with Gasteiger partial charge in [0.25, 0.3) is 0 Å². The van der Waals surface area contributed by atoms with Crippen molar-refractivity contribution in [1.29, 1.82) is 0 Å². The number of rotatable bonds is 3. The lowest BCUT2D eigenvalue weighted by atomic mass is 9.70. The van der Waals surface area contributed by atoms with E-state index in [0.717, 1.165) is 44.7 Å². The van der Waals surface area contributed by atoms with E-state index >= 15 is 0 Å². The lowest BCUT2D eigenvalue weighted by molar-refractivity contribution is -0.171. The zero-order chi connectivity index (χ0) is 15.3. The van der Waals surface area contributed by atoms with Crippen LogP contribution in [-0.2, 0) is 9.53 Å². The molecule has 0 radical (unpaired) electrons. The second-order valence-corrected chi connectivity index (χ2v) is 8.42. The number of nitrogens with one attached hydrogen (secondary N) is 1. The Morgan fingerprint density at radius 1 is 1.29 bits per heavy atom. The first kappa shape index (κ1) is 15.3. The summed E-state index contributed by atoms with van der Waals surface area (Å²) in [4.78, 5) is 12.9. The predicted octanol–water partition coefficient (Wildman–Crippen LogP) is 3.52. The monoisotopic (exact) mass is 293 g/mol. The highest BCUT2D eigenvalue weighted by atomic mass is 16.5. The van der Waals surface area contributed by atoms with Crippen LogP contribution >= 0.6 is 0 Å². The van der Waals surface area contributed by atoms with E-state index in [1.165, 1.54) is 12.8 Å². The second-order valence-electron chi connectivity index (χ2n) is 8.42. The van der Waals surface area contributed by atoms with Gasteiger partial charge >= 0.3 is 5.97 Å². The second kappa shape index (κ2) is 4.97. The SMILES string of the molecule is CCC1(C(=O)OC2CC3CCC2(C)C3(C)C)CCCNC1. The Bertz CT molecular complexity index is 425. The first-order chi connectivity index (χ1) is 9.86. The molecule has 1 heterocycles. The Hall–Kier alpha value is -0.570. The number of piperidine rings is 1. The van der Waals surface area contributed by atoms with Crippen LogP contribution in [0.4, 0.5) is 0 Å². The molecule has 2 saturated carbocycles. The summed E-state index contributed by atoms with van der Waals surface area (Å²) in [7, 11) is 0. The van der Waals surface area contributed by atoms with E-state index in [4.69, 9.17) is 4.74 Å². The molecule has 0 amide bonds. The van der Waals surface area contributed by atoms with Crippen LogP contribution in [0.2, 0.25) is 0 Å². The fourth-order valence-electron chi connectivity index (χ4n) is 5.15. The van der Waals surface area contributed by atoms with E-state index in [9.17, 15) is 4.79 Å². The summed E-state index contributed by atoms with van der Waals surface area (Å²) in [6.07, 6.45) is 6.66. The Morgan fingerprint density at radius 3 is 2.52 bits per heavy atom. The number of hydrogen-bond acceptors (Lipinski definition) is 3. The van der Waals surface area contributed by atoms with E-state index in [0.29, 0.717) is 5.41 Å². The lowest BCUT2D eigenvalue weighted by Gasteiger charge is -2.41. The van der Waals surface area contributed by atoms with Gasteiger partial charge in [-0.1, -0.05) is 27.7 Å². The Morgan fingerprint density at radius 2 is 2.05 bits per heavy atom. The topological polar surface area (TPSA) is 38.3 Å². The molecule has 21 heavy (non-hydrogen) atoms. The van der Waals surface area contributed by atoms with Gasteiger partial charge < -0.3 is 10.1 Å². The molecule has 3 fully saturated rings. The first-order valence-electron chi connectivity index (χ1n) is 8.77. The molecule has 0 aromatic heterocycles. The van der Waals surface area contributed by atoms with E-state index in [2.05, 4.69) is 33.0 Å². The van der Waals surface area contributed by atoms with Gasteiger partial charge in [0.05, 0.1) is 5.41 Å². The van der Waals surface area contributed by atoms with Gasteiger partial charge in [0.2, 0.25) is 0 Å². The van der Waals surface area contributed by atoms with Gasteiger partial charge in [0.1, 0.15) is 6.10 Å². The van der Waals surface area contributed by atoms with Crippen molar-refractivity contribution < 1.29 is 9.53 Å². The average molecular weight is 293 g/mol. The van der Waals surface area contributed by atoms with Gasteiger partial charge in [-0.2, -0.15) is 0 Å². The van der Waals surface area contributed by atoms with Gasteiger partial charge in [0.15, 0.2) is 0 Å². The maximum atomic E-state index is 12.9. The molecule has 1 aliphatic heterocycles. The highest BCUT2D eigenvalue weighted by Crippen LogP contribution is 2.66. The van der Waals surface area contributed by atoms with Gasteiger partial charge in [0, 0.05) is 12.0 Å². The predicted molar refractivity (Wildman–Crippen MR) is 83.9 cm³/mol. The minimum atomic E-state index is -0.277. The third-order valence-electron chi connectivity index (χ3n) is 7.55. The Labute approximate surface area is 129 Å². The molecule has 0 spiro atoms. The van der Waals surface area contributed by atoms with Crippen LogP contribution < -0.4 is 5.32 Å². The zero-order valence-electron chi connectivity index (χ0n) is 14.1. The number of carbonyl (C=O) groups excluding carboxylic acids is 1. The molecule has 3 nitrogen and oxygen atoms in total. The molecule has 3 heteroatoms. The van der Waals surface area contributed by atoms with Crippen molar-refractivity contribution in [3.8, 4) is 0 Å². The van der Waals surface area contributed by atoms with Crippen molar-refractivity contribution in [3.63, 3.8) is 0 Å². The normalized spacial score (nSPS) is 44.8. The van der Waals surface area contributed by atoms with Gasteiger partial charge in [-0.25, -0.2) is 0 Å². The lowest BCUT2D eigenvalue weighted by Crippen LogP contribution is -2.48. The molecule has 1 saturated heterocycles. The van der Waals surface area contributed by atoms with E-state index in [1.54, 1.807) is 0 Å². The van der Waals surface area contributed by atoms with Crippen LogP contribution in [0, 0.1) is 22.2 Å². The molecular formula is C18H31NO2. The molecule has 4 unspecified atom stereocenters. The zero-order valence-corrected chi connectivity index (χ0v) is 14.1. The van der Waals surface area contributed by atoms with Crippen molar-refractivity contribution in [2.24, 2.45) is 22.2 Å². The van der Waals surface area contributed by atoms with Crippen molar-refractivity contribution >= 4 is 5.97 Å². The largest absolute Gasteiger partial charge is 0.461 e. The van der Waals surface area contributed by atoms with Crippen LogP contribution in [0.15, 0.2) is 0 Å². The summed E-state index contributed by atoms with van der Waals surface area (Å²) in [5.41, 5.74) is 0.201. The van der Waals surface area contributed by atoms with E-state index in [1.807, 2.05) is 0 Å².